The number of esters is 4. The van der Waals surface area contributed by atoms with Gasteiger partial charge >= 0.3 is 23.9 Å². The van der Waals surface area contributed by atoms with Crippen LogP contribution in [0.4, 0.5) is 0 Å². The zero-order chi connectivity index (χ0) is 23.4. The molecule has 3 saturated carbocycles. The first-order chi connectivity index (χ1) is 16.5. The standard InChI is InChI=1S/C26H32O8/c27-20-11-31-25(29)23-16-10-17(15-7-3-6-14(15)16)24(23)26(30)32-12-21(28)34-19-9-2-5-13-4-1-8-18(33-20)22(13)19/h14-19,23-24H,1-12H2. The Kier molecular flexibility index (Phi) is 5.65. The van der Waals surface area contributed by atoms with Crippen LogP contribution in [0.2, 0.25) is 0 Å². The molecule has 0 amide bonds. The van der Waals surface area contributed by atoms with Crippen molar-refractivity contribution in [2.24, 2.45) is 35.5 Å². The van der Waals surface area contributed by atoms with Crippen LogP contribution in [0.3, 0.4) is 0 Å². The molecule has 0 spiro atoms. The molecule has 8 heteroatoms. The van der Waals surface area contributed by atoms with Crippen molar-refractivity contribution in [2.75, 3.05) is 13.2 Å². The third-order valence-corrected chi connectivity index (χ3v) is 9.33. The van der Waals surface area contributed by atoms with E-state index in [-0.39, 0.29) is 11.8 Å². The smallest absolute Gasteiger partial charge is 0.344 e. The normalized spacial score (nSPS) is 42.4. The molecule has 184 valence electrons. The second-order valence-electron chi connectivity index (χ2n) is 10.9. The molecule has 1 aliphatic heterocycles. The number of fused-ring (bicyclic) bond motifs is 8. The van der Waals surface area contributed by atoms with Crippen molar-refractivity contribution in [3.8, 4) is 0 Å². The Bertz CT molecular complexity index is 867. The second kappa shape index (κ2) is 8.68. The van der Waals surface area contributed by atoms with Crippen LogP contribution < -0.4 is 0 Å². The molecule has 8 nitrogen and oxygen atoms in total. The van der Waals surface area contributed by atoms with E-state index in [1.54, 1.807) is 0 Å². The van der Waals surface area contributed by atoms with Gasteiger partial charge in [0.15, 0.2) is 13.2 Å². The fourth-order valence-corrected chi connectivity index (χ4v) is 8.22. The summed E-state index contributed by atoms with van der Waals surface area (Å²) in [6.45, 7) is -0.932. The lowest BCUT2D eigenvalue weighted by atomic mass is 9.69. The quantitative estimate of drug-likeness (QED) is 0.301. The van der Waals surface area contributed by atoms with Crippen LogP contribution in [0.15, 0.2) is 11.1 Å². The maximum Gasteiger partial charge on any atom is 0.344 e. The predicted octanol–water partition coefficient (Wildman–Crippen LogP) is 2.87. The molecule has 1 heterocycles. The number of allylic oxidation sites excluding steroid dienone is 1. The lowest BCUT2D eigenvalue weighted by molar-refractivity contribution is -0.172. The Morgan fingerprint density at radius 3 is 1.59 bits per heavy atom. The minimum Gasteiger partial charge on any atom is -0.455 e. The topological polar surface area (TPSA) is 105 Å². The fraction of sp³-hybridized carbons (Fsp3) is 0.769. The number of carbonyl (C=O) groups is 4. The number of rotatable bonds is 0. The van der Waals surface area contributed by atoms with Gasteiger partial charge in [0.05, 0.1) is 11.8 Å². The van der Waals surface area contributed by atoms with Gasteiger partial charge in [0.2, 0.25) is 0 Å². The van der Waals surface area contributed by atoms with Gasteiger partial charge in [-0.05, 0) is 81.5 Å². The molecule has 34 heavy (non-hydrogen) atoms. The summed E-state index contributed by atoms with van der Waals surface area (Å²) in [6.07, 6.45) is 7.96. The second-order valence-corrected chi connectivity index (χ2v) is 10.9. The van der Waals surface area contributed by atoms with Crippen LogP contribution in [-0.2, 0) is 38.1 Å². The van der Waals surface area contributed by atoms with Crippen molar-refractivity contribution in [2.45, 2.75) is 76.4 Å². The molecule has 4 fully saturated rings. The molecule has 0 aromatic rings. The molecule has 2 bridgehead atoms. The van der Waals surface area contributed by atoms with Gasteiger partial charge in [-0.2, -0.15) is 0 Å². The molecule has 6 rings (SSSR count). The van der Waals surface area contributed by atoms with Crippen LogP contribution in [0.1, 0.15) is 64.2 Å². The van der Waals surface area contributed by atoms with Gasteiger partial charge in [0.1, 0.15) is 12.2 Å². The highest BCUT2D eigenvalue weighted by atomic mass is 16.6. The third-order valence-electron chi connectivity index (χ3n) is 9.33. The highest BCUT2D eigenvalue weighted by Crippen LogP contribution is 2.63. The average molecular weight is 473 g/mol. The number of cyclic esters (lactones) is 2. The van der Waals surface area contributed by atoms with E-state index in [2.05, 4.69) is 0 Å². The molecule has 0 aromatic carbocycles. The van der Waals surface area contributed by atoms with E-state index >= 15 is 0 Å². The van der Waals surface area contributed by atoms with Crippen molar-refractivity contribution < 1.29 is 38.1 Å². The van der Waals surface area contributed by atoms with Crippen molar-refractivity contribution in [3.63, 3.8) is 0 Å². The largest absolute Gasteiger partial charge is 0.455 e. The molecule has 8 unspecified atom stereocenters. The monoisotopic (exact) mass is 472 g/mol. The summed E-state index contributed by atoms with van der Waals surface area (Å²) in [5.74, 6) is -2.53. The fourth-order valence-electron chi connectivity index (χ4n) is 8.22. The molecule has 0 aromatic heterocycles. The summed E-state index contributed by atoms with van der Waals surface area (Å²) in [4.78, 5) is 51.7. The summed E-state index contributed by atoms with van der Waals surface area (Å²) in [7, 11) is 0. The van der Waals surface area contributed by atoms with Gasteiger partial charge in [-0.1, -0.05) is 12.0 Å². The van der Waals surface area contributed by atoms with Crippen LogP contribution in [0.25, 0.3) is 0 Å². The number of ether oxygens (including phenoxy) is 4. The molecular weight excluding hydrogens is 440 g/mol. The highest BCUT2D eigenvalue weighted by Gasteiger charge is 2.64. The molecule has 0 N–H and O–H groups in total. The van der Waals surface area contributed by atoms with Gasteiger partial charge < -0.3 is 18.9 Å². The highest BCUT2D eigenvalue weighted by molar-refractivity contribution is 5.86. The maximum atomic E-state index is 13.2. The SMILES string of the molecule is O=C1COC(=O)C2C3CC(C4CCCC43)C2C(=O)OCC(=O)OC2CCCC3=C2C(CCC3)O1. The lowest BCUT2D eigenvalue weighted by Gasteiger charge is -2.36. The lowest BCUT2D eigenvalue weighted by Crippen LogP contribution is -2.43. The third kappa shape index (κ3) is 3.64. The summed E-state index contributed by atoms with van der Waals surface area (Å²) < 4.78 is 22.4. The Morgan fingerprint density at radius 2 is 1.09 bits per heavy atom. The summed E-state index contributed by atoms with van der Waals surface area (Å²) >= 11 is 0. The molecule has 1 saturated heterocycles. The van der Waals surface area contributed by atoms with E-state index in [9.17, 15) is 19.2 Å². The van der Waals surface area contributed by atoms with Crippen LogP contribution in [0.5, 0.6) is 0 Å². The molecule has 0 radical (unpaired) electrons. The summed E-state index contributed by atoms with van der Waals surface area (Å²) in [5.41, 5.74) is 2.05. The van der Waals surface area contributed by atoms with E-state index in [1.807, 2.05) is 0 Å². The van der Waals surface area contributed by atoms with Crippen molar-refractivity contribution in [3.05, 3.63) is 11.1 Å². The van der Waals surface area contributed by atoms with Crippen molar-refractivity contribution >= 4 is 23.9 Å². The van der Waals surface area contributed by atoms with Crippen molar-refractivity contribution in [1.82, 2.24) is 0 Å². The maximum absolute atomic E-state index is 13.2. The van der Waals surface area contributed by atoms with Gasteiger partial charge in [-0.3, -0.25) is 9.59 Å². The average Bonchev–Trinajstić information content (AvgIpc) is 3.53. The number of carbonyl (C=O) groups excluding carboxylic acids is 4. The summed E-state index contributed by atoms with van der Waals surface area (Å²) in [6, 6.07) is 0. The molecular formula is C26H32O8. The Balaban J connectivity index is 1.27. The number of hydrogen-bond acceptors (Lipinski definition) is 8. The van der Waals surface area contributed by atoms with E-state index in [0.29, 0.717) is 24.7 Å². The van der Waals surface area contributed by atoms with Crippen LogP contribution in [0, 0.1) is 35.5 Å². The van der Waals surface area contributed by atoms with Crippen LogP contribution >= 0.6 is 0 Å². The van der Waals surface area contributed by atoms with Crippen molar-refractivity contribution in [1.29, 1.82) is 0 Å². The zero-order valence-corrected chi connectivity index (χ0v) is 19.4. The van der Waals surface area contributed by atoms with Crippen LogP contribution in [-0.4, -0.2) is 49.3 Å². The van der Waals surface area contributed by atoms with E-state index in [4.69, 9.17) is 18.9 Å². The van der Waals surface area contributed by atoms with E-state index < -0.39 is 61.1 Å². The van der Waals surface area contributed by atoms with Gasteiger partial charge in [0, 0.05) is 5.57 Å². The first-order valence-corrected chi connectivity index (χ1v) is 13.0. The number of hydrogen-bond donors (Lipinski definition) is 0. The van der Waals surface area contributed by atoms with Gasteiger partial charge in [-0.25, -0.2) is 9.59 Å². The first-order valence-electron chi connectivity index (χ1n) is 13.0. The Morgan fingerprint density at radius 1 is 0.588 bits per heavy atom. The van der Waals surface area contributed by atoms with Gasteiger partial charge in [-0.15, -0.1) is 0 Å². The van der Waals surface area contributed by atoms with Gasteiger partial charge in [0.25, 0.3) is 0 Å². The van der Waals surface area contributed by atoms with E-state index in [1.165, 1.54) is 5.57 Å². The minimum atomic E-state index is -0.627. The Hall–Kier alpha value is -2.38. The zero-order valence-electron chi connectivity index (χ0n) is 19.4. The molecule has 5 aliphatic carbocycles. The minimum absolute atomic E-state index is 0.0649. The summed E-state index contributed by atoms with van der Waals surface area (Å²) in [5, 5.41) is 0. The Labute approximate surface area is 198 Å². The molecule has 8 atom stereocenters. The van der Waals surface area contributed by atoms with E-state index in [0.717, 1.165) is 56.9 Å². The first kappa shape index (κ1) is 22.1. The predicted molar refractivity (Wildman–Crippen MR) is 116 cm³/mol. The molecule has 6 aliphatic rings.